The quantitative estimate of drug-likeness (QED) is 0.449. The summed E-state index contributed by atoms with van der Waals surface area (Å²) in [5.74, 6) is -2.37. The number of ether oxygens (including phenoxy) is 1. The molecule has 1 aromatic heterocycles. The van der Waals surface area contributed by atoms with Crippen molar-refractivity contribution in [1.82, 2.24) is 19.8 Å². The predicted octanol–water partition coefficient (Wildman–Crippen LogP) is 3.62. The Bertz CT molecular complexity index is 1300. The molecular formula is C25H24F4N6O3. The number of anilines is 2. The van der Waals surface area contributed by atoms with E-state index in [1.54, 1.807) is 6.07 Å². The zero-order valence-electron chi connectivity index (χ0n) is 20.3. The lowest BCUT2D eigenvalue weighted by Gasteiger charge is -2.31. The largest absolute Gasteiger partial charge is 0.573 e. The van der Waals surface area contributed by atoms with Gasteiger partial charge in [0.05, 0.1) is 30.3 Å². The van der Waals surface area contributed by atoms with Gasteiger partial charge in [0.15, 0.2) is 11.6 Å². The number of amides is 2. The Morgan fingerprint density at radius 1 is 1.00 bits per heavy atom. The van der Waals surface area contributed by atoms with Crippen LogP contribution in [-0.2, 0) is 4.79 Å². The van der Waals surface area contributed by atoms with Crippen molar-refractivity contribution in [3.8, 4) is 17.0 Å². The maximum absolute atomic E-state index is 14.0. The summed E-state index contributed by atoms with van der Waals surface area (Å²) in [7, 11) is 1.96. The lowest BCUT2D eigenvalue weighted by molar-refractivity contribution is -0.274. The molecule has 1 saturated heterocycles. The molecule has 200 valence electrons. The number of hydrogen-bond acceptors (Lipinski definition) is 7. The Morgan fingerprint density at radius 3 is 2.39 bits per heavy atom. The van der Waals surface area contributed by atoms with Crippen LogP contribution >= 0.6 is 0 Å². The first-order valence-electron chi connectivity index (χ1n) is 11.6. The number of nitrogens with one attached hydrogen (secondary N) is 2. The number of benzene rings is 2. The van der Waals surface area contributed by atoms with Gasteiger partial charge in [0.25, 0.3) is 5.91 Å². The van der Waals surface area contributed by atoms with Gasteiger partial charge in [0.1, 0.15) is 5.82 Å². The van der Waals surface area contributed by atoms with Crippen LogP contribution < -0.4 is 15.4 Å². The number of hydrogen-bond donors (Lipinski definition) is 2. The molecule has 0 atom stereocenters. The number of halogens is 4. The zero-order chi connectivity index (χ0) is 27.3. The van der Waals surface area contributed by atoms with E-state index in [9.17, 15) is 27.2 Å². The van der Waals surface area contributed by atoms with Crippen LogP contribution in [0.5, 0.6) is 5.75 Å². The number of carbonyl (C=O) groups excluding carboxylic acids is 2. The fourth-order valence-electron chi connectivity index (χ4n) is 3.77. The standard InChI is InChI=1S/C25H24F4N6O3/c1-34-8-10-35(11-9-34)15-23(36)32-19-12-16(6-7-21(19)38-25(27,28)29)24(37)33-22-14-30-20(13-31-22)17-4-2-3-5-18(17)26/h2-7,12-14H,8-11,15H2,1H3,(H,32,36)(H,31,33,37). The van der Waals surface area contributed by atoms with Gasteiger partial charge in [-0.15, -0.1) is 13.2 Å². The van der Waals surface area contributed by atoms with E-state index in [0.717, 1.165) is 31.3 Å². The van der Waals surface area contributed by atoms with Gasteiger partial charge < -0.3 is 20.3 Å². The molecule has 13 heteroatoms. The molecule has 9 nitrogen and oxygen atoms in total. The van der Waals surface area contributed by atoms with Crippen LogP contribution in [0.25, 0.3) is 11.3 Å². The molecule has 0 aliphatic carbocycles. The Balaban J connectivity index is 1.48. The van der Waals surface area contributed by atoms with Gasteiger partial charge in [0, 0.05) is 37.3 Å². The molecule has 2 amide bonds. The van der Waals surface area contributed by atoms with Crippen LogP contribution in [0.1, 0.15) is 10.4 Å². The summed E-state index contributed by atoms with van der Waals surface area (Å²) in [4.78, 5) is 37.5. The van der Waals surface area contributed by atoms with Crippen molar-refractivity contribution < 1.29 is 31.9 Å². The van der Waals surface area contributed by atoms with Crippen molar-refractivity contribution >= 4 is 23.3 Å². The van der Waals surface area contributed by atoms with E-state index >= 15 is 0 Å². The van der Waals surface area contributed by atoms with E-state index in [0.29, 0.717) is 13.1 Å². The van der Waals surface area contributed by atoms with Crippen LogP contribution in [-0.4, -0.2) is 77.7 Å². The predicted molar refractivity (Wildman–Crippen MR) is 131 cm³/mol. The lowest BCUT2D eigenvalue weighted by Crippen LogP contribution is -2.47. The SMILES string of the molecule is CN1CCN(CC(=O)Nc2cc(C(=O)Nc3cnc(-c4ccccc4F)cn3)ccc2OC(F)(F)F)CC1. The molecule has 0 unspecified atom stereocenters. The molecule has 1 aliphatic rings. The molecule has 38 heavy (non-hydrogen) atoms. The Morgan fingerprint density at radius 2 is 1.74 bits per heavy atom. The summed E-state index contributed by atoms with van der Waals surface area (Å²) in [6.07, 6.45) is -2.51. The van der Waals surface area contributed by atoms with E-state index in [4.69, 9.17) is 0 Å². The molecule has 2 aromatic carbocycles. The molecule has 4 rings (SSSR count). The van der Waals surface area contributed by atoms with Gasteiger partial charge in [-0.1, -0.05) is 12.1 Å². The fraction of sp³-hybridized carbons (Fsp3) is 0.280. The highest BCUT2D eigenvalue weighted by Gasteiger charge is 2.32. The lowest BCUT2D eigenvalue weighted by atomic mass is 10.1. The van der Waals surface area contributed by atoms with Crippen molar-refractivity contribution in [3.05, 3.63) is 66.2 Å². The third-order valence-electron chi connectivity index (χ3n) is 5.75. The summed E-state index contributed by atoms with van der Waals surface area (Å²) in [5, 5.41) is 4.89. The minimum Gasteiger partial charge on any atom is -0.404 e. The average Bonchev–Trinajstić information content (AvgIpc) is 2.86. The van der Waals surface area contributed by atoms with E-state index in [1.165, 1.54) is 30.6 Å². The molecule has 1 aliphatic heterocycles. The van der Waals surface area contributed by atoms with Crippen molar-refractivity contribution in [1.29, 1.82) is 0 Å². The fourth-order valence-corrected chi connectivity index (χ4v) is 3.77. The number of alkyl halides is 3. The van der Waals surface area contributed by atoms with Crippen LogP contribution in [0.15, 0.2) is 54.9 Å². The van der Waals surface area contributed by atoms with Crippen LogP contribution in [0.2, 0.25) is 0 Å². The van der Waals surface area contributed by atoms with Crippen molar-refractivity contribution in [2.45, 2.75) is 6.36 Å². The molecule has 3 aromatic rings. The molecule has 2 heterocycles. The van der Waals surface area contributed by atoms with Crippen molar-refractivity contribution in [2.75, 3.05) is 50.4 Å². The zero-order valence-corrected chi connectivity index (χ0v) is 20.3. The minimum absolute atomic E-state index is 0.0281. The topological polar surface area (TPSA) is 99.7 Å². The smallest absolute Gasteiger partial charge is 0.404 e. The van der Waals surface area contributed by atoms with Gasteiger partial charge in [0.2, 0.25) is 5.91 Å². The van der Waals surface area contributed by atoms with Crippen LogP contribution in [0, 0.1) is 5.82 Å². The van der Waals surface area contributed by atoms with Gasteiger partial charge in [-0.2, -0.15) is 0 Å². The third kappa shape index (κ3) is 7.23. The minimum atomic E-state index is -5.00. The van der Waals surface area contributed by atoms with Crippen LogP contribution in [0.3, 0.4) is 0 Å². The third-order valence-corrected chi connectivity index (χ3v) is 5.75. The van der Waals surface area contributed by atoms with Crippen molar-refractivity contribution in [3.63, 3.8) is 0 Å². The normalized spacial score (nSPS) is 14.7. The molecule has 0 saturated carbocycles. The molecule has 0 radical (unpaired) electrons. The molecule has 0 spiro atoms. The highest BCUT2D eigenvalue weighted by atomic mass is 19.4. The number of carbonyl (C=O) groups is 2. The van der Waals surface area contributed by atoms with E-state index in [1.807, 2.05) is 11.9 Å². The number of piperazine rings is 1. The van der Waals surface area contributed by atoms with Gasteiger partial charge in [-0.25, -0.2) is 9.37 Å². The first-order valence-corrected chi connectivity index (χ1v) is 11.6. The average molecular weight is 532 g/mol. The van der Waals surface area contributed by atoms with Crippen LogP contribution in [0.4, 0.5) is 29.1 Å². The number of likely N-dealkylation sites (N-methyl/N-ethyl adjacent to an activating group) is 1. The Hall–Kier alpha value is -4.10. The summed E-state index contributed by atoms with van der Waals surface area (Å²) >= 11 is 0. The van der Waals surface area contributed by atoms with E-state index < -0.39 is 29.7 Å². The highest BCUT2D eigenvalue weighted by molar-refractivity contribution is 6.05. The van der Waals surface area contributed by atoms with Gasteiger partial charge in [-0.3, -0.25) is 19.5 Å². The second kappa shape index (κ2) is 11.5. The summed E-state index contributed by atoms with van der Waals surface area (Å²) in [5.41, 5.74) is 0.111. The molecule has 1 fully saturated rings. The number of aromatic nitrogens is 2. The van der Waals surface area contributed by atoms with E-state index in [2.05, 4.69) is 30.2 Å². The highest BCUT2D eigenvalue weighted by Crippen LogP contribution is 2.31. The number of rotatable bonds is 7. The number of nitrogens with zero attached hydrogens (tertiary/aromatic N) is 4. The maximum atomic E-state index is 14.0. The molecule has 2 N–H and O–H groups in total. The first-order chi connectivity index (χ1) is 18.1. The summed E-state index contributed by atoms with van der Waals surface area (Å²) in [6.45, 7) is 2.76. The molecule has 0 bridgehead atoms. The molecular weight excluding hydrogens is 508 g/mol. The second-order valence-electron chi connectivity index (χ2n) is 8.61. The summed E-state index contributed by atoms with van der Waals surface area (Å²) < 4.78 is 56.8. The Kier molecular flexibility index (Phi) is 8.17. The Labute approximate surface area is 215 Å². The second-order valence-corrected chi connectivity index (χ2v) is 8.61. The monoisotopic (exact) mass is 532 g/mol. The first kappa shape index (κ1) is 26.9. The van der Waals surface area contributed by atoms with E-state index in [-0.39, 0.29) is 34.9 Å². The van der Waals surface area contributed by atoms with Crippen molar-refractivity contribution in [2.24, 2.45) is 0 Å². The van der Waals surface area contributed by atoms with Gasteiger partial charge in [-0.05, 0) is 37.4 Å². The summed E-state index contributed by atoms with van der Waals surface area (Å²) in [6, 6.07) is 9.13. The maximum Gasteiger partial charge on any atom is 0.573 e. The van der Waals surface area contributed by atoms with Gasteiger partial charge >= 0.3 is 6.36 Å².